The summed E-state index contributed by atoms with van der Waals surface area (Å²) in [5.41, 5.74) is 0. The summed E-state index contributed by atoms with van der Waals surface area (Å²) in [5, 5.41) is 0. The molecule has 1 atom stereocenters. The zero-order valence-corrected chi connectivity index (χ0v) is 18.4. The van der Waals surface area contributed by atoms with Gasteiger partial charge >= 0.3 is 0 Å². The van der Waals surface area contributed by atoms with Crippen LogP contribution in [0.5, 0.6) is 0 Å². The molecule has 0 N–H and O–H groups in total. The van der Waals surface area contributed by atoms with Crippen molar-refractivity contribution in [3.63, 3.8) is 0 Å². The molecule has 0 aromatic rings. The molecule has 1 unspecified atom stereocenters. The Bertz CT molecular complexity index is 220. The van der Waals surface area contributed by atoms with Crippen LogP contribution in [0, 0.1) is 5.92 Å². The van der Waals surface area contributed by atoms with Crippen molar-refractivity contribution >= 4 is 0 Å². The minimum absolute atomic E-state index is 1.04. The Balaban J connectivity index is 3.74. The van der Waals surface area contributed by atoms with Gasteiger partial charge in [0.2, 0.25) is 0 Å². The molecule has 0 nitrogen and oxygen atoms in total. The van der Waals surface area contributed by atoms with Gasteiger partial charge in [-0.2, -0.15) is 0 Å². The van der Waals surface area contributed by atoms with Gasteiger partial charge in [-0.3, -0.25) is 0 Å². The highest BCUT2D eigenvalue weighted by Crippen LogP contribution is 2.24. The van der Waals surface area contributed by atoms with Gasteiger partial charge in [0.25, 0.3) is 0 Å². The molecule has 152 valence electrons. The minimum Gasteiger partial charge on any atom is -0.0654 e. The highest BCUT2D eigenvalue weighted by molar-refractivity contribution is 4.62. The van der Waals surface area contributed by atoms with E-state index in [1.165, 1.54) is 135 Å². The van der Waals surface area contributed by atoms with Crippen molar-refractivity contribution in [1.29, 1.82) is 0 Å². The number of rotatable bonds is 21. The smallest absolute Gasteiger partial charge is 0.0414 e. The lowest BCUT2D eigenvalue weighted by Gasteiger charge is -2.17. The molecule has 0 saturated heterocycles. The Hall–Kier alpha value is 0. The second-order valence-electron chi connectivity index (χ2n) is 8.54. The van der Waals surface area contributed by atoms with Crippen LogP contribution in [0.3, 0.4) is 0 Å². The highest BCUT2D eigenvalue weighted by Gasteiger charge is 2.08. The predicted octanol–water partition coefficient (Wildman–Crippen LogP) is 9.85. The molecule has 0 amide bonds. The number of hydrogen-bond acceptors (Lipinski definition) is 0. The van der Waals surface area contributed by atoms with E-state index in [4.69, 9.17) is 0 Å². The van der Waals surface area contributed by atoms with E-state index in [0.29, 0.717) is 0 Å². The molecular weight excluding hydrogens is 300 g/mol. The molecule has 0 bridgehead atoms. The van der Waals surface area contributed by atoms with Crippen molar-refractivity contribution in [3.05, 3.63) is 0 Å². The van der Waals surface area contributed by atoms with Crippen LogP contribution in [0.1, 0.15) is 156 Å². The summed E-state index contributed by atoms with van der Waals surface area (Å²) in [6, 6.07) is 0. The second-order valence-corrected chi connectivity index (χ2v) is 8.54. The molecule has 0 rings (SSSR count). The van der Waals surface area contributed by atoms with Gasteiger partial charge in [-0.15, -0.1) is 0 Å². The summed E-state index contributed by atoms with van der Waals surface area (Å²) in [5.74, 6) is 1.04. The Morgan fingerprint density at radius 1 is 0.320 bits per heavy atom. The number of hydrogen-bond donors (Lipinski definition) is 0. The lowest BCUT2D eigenvalue weighted by atomic mass is 9.89. The van der Waals surface area contributed by atoms with Gasteiger partial charge < -0.3 is 0 Å². The predicted molar refractivity (Wildman–Crippen MR) is 117 cm³/mol. The fourth-order valence-electron chi connectivity index (χ4n) is 4.07. The van der Waals surface area contributed by atoms with E-state index in [2.05, 4.69) is 20.8 Å². The Kier molecular flexibility index (Phi) is 22.0. The third kappa shape index (κ3) is 20.2. The first-order valence-electron chi connectivity index (χ1n) is 12.3. The normalized spacial score (nSPS) is 12.6. The Labute approximate surface area is 161 Å². The largest absolute Gasteiger partial charge is 0.0654 e. The van der Waals surface area contributed by atoms with Crippen LogP contribution in [-0.4, -0.2) is 0 Å². The summed E-state index contributed by atoms with van der Waals surface area (Å²) < 4.78 is 0. The van der Waals surface area contributed by atoms with Crippen molar-refractivity contribution in [3.8, 4) is 0 Å². The lowest BCUT2D eigenvalue weighted by Crippen LogP contribution is -2.01. The lowest BCUT2D eigenvalue weighted by molar-refractivity contribution is 0.366. The molecule has 25 heavy (non-hydrogen) atoms. The van der Waals surface area contributed by atoms with Crippen LogP contribution >= 0.6 is 0 Å². The van der Waals surface area contributed by atoms with Gasteiger partial charge in [0.15, 0.2) is 0 Å². The summed E-state index contributed by atoms with van der Waals surface area (Å²) >= 11 is 0. The average Bonchev–Trinajstić information content (AvgIpc) is 2.62. The first-order valence-corrected chi connectivity index (χ1v) is 12.3. The van der Waals surface area contributed by atoms with Gasteiger partial charge in [-0.05, 0) is 5.92 Å². The van der Waals surface area contributed by atoms with E-state index >= 15 is 0 Å². The van der Waals surface area contributed by atoms with Crippen LogP contribution < -0.4 is 0 Å². The summed E-state index contributed by atoms with van der Waals surface area (Å²) in [7, 11) is 0. The molecule has 0 heteroatoms. The fraction of sp³-hybridized carbons (Fsp3) is 1.00. The van der Waals surface area contributed by atoms with Crippen molar-refractivity contribution in [1.82, 2.24) is 0 Å². The molecule has 0 aromatic heterocycles. The average molecular weight is 353 g/mol. The van der Waals surface area contributed by atoms with Crippen molar-refractivity contribution in [2.75, 3.05) is 0 Å². The van der Waals surface area contributed by atoms with Crippen molar-refractivity contribution < 1.29 is 0 Å². The summed E-state index contributed by atoms with van der Waals surface area (Å²) in [6.07, 6.45) is 30.8. The van der Waals surface area contributed by atoms with Gasteiger partial charge in [0, 0.05) is 0 Å². The van der Waals surface area contributed by atoms with E-state index in [1.54, 1.807) is 0 Å². The van der Waals surface area contributed by atoms with Crippen LogP contribution in [0.4, 0.5) is 0 Å². The van der Waals surface area contributed by atoms with Crippen LogP contribution in [0.15, 0.2) is 0 Å². The molecule has 0 aliphatic heterocycles. The molecule has 0 heterocycles. The van der Waals surface area contributed by atoms with Crippen LogP contribution in [0.25, 0.3) is 0 Å². The third-order valence-corrected chi connectivity index (χ3v) is 5.90. The van der Waals surface area contributed by atoms with E-state index in [0.717, 1.165) is 5.92 Å². The maximum Gasteiger partial charge on any atom is -0.0414 e. The van der Waals surface area contributed by atoms with E-state index in [-0.39, 0.29) is 0 Å². The Morgan fingerprint density at radius 2 is 0.560 bits per heavy atom. The SMILES string of the molecule is CCCCCCCCCC(CCCCCCC)CCCCCCCC. The first kappa shape index (κ1) is 25.0. The maximum absolute atomic E-state index is 2.32. The minimum atomic E-state index is 1.04. The zero-order valence-electron chi connectivity index (χ0n) is 18.4. The Morgan fingerprint density at radius 3 is 0.840 bits per heavy atom. The molecule has 0 fully saturated rings. The third-order valence-electron chi connectivity index (χ3n) is 5.90. The molecule has 0 radical (unpaired) electrons. The number of unbranched alkanes of at least 4 members (excludes halogenated alkanes) is 15. The second kappa shape index (κ2) is 22.0. The van der Waals surface area contributed by atoms with Crippen molar-refractivity contribution in [2.45, 2.75) is 156 Å². The molecule has 0 aromatic carbocycles. The maximum atomic E-state index is 2.32. The summed E-state index contributed by atoms with van der Waals surface area (Å²) in [6.45, 7) is 6.95. The van der Waals surface area contributed by atoms with Gasteiger partial charge in [-0.25, -0.2) is 0 Å². The highest BCUT2D eigenvalue weighted by atomic mass is 14.1. The monoisotopic (exact) mass is 352 g/mol. The van der Waals surface area contributed by atoms with Gasteiger partial charge in [0.1, 0.15) is 0 Å². The quantitative estimate of drug-likeness (QED) is 0.180. The van der Waals surface area contributed by atoms with Crippen molar-refractivity contribution in [2.24, 2.45) is 5.92 Å². The fourth-order valence-corrected chi connectivity index (χ4v) is 4.07. The molecular formula is C25H52. The molecule has 0 saturated carbocycles. The van der Waals surface area contributed by atoms with Gasteiger partial charge in [-0.1, -0.05) is 156 Å². The topological polar surface area (TPSA) is 0 Å². The van der Waals surface area contributed by atoms with E-state index in [9.17, 15) is 0 Å². The molecule has 0 aliphatic rings. The zero-order chi connectivity index (χ0) is 18.4. The van der Waals surface area contributed by atoms with Crippen LogP contribution in [-0.2, 0) is 0 Å². The first-order chi connectivity index (χ1) is 12.3. The van der Waals surface area contributed by atoms with Crippen LogP contribution in [0.2, 0.25) is 0 Å². The van der Waals surface area contributed by atoms with Gasteiger partial charge in [0.05, 0.1) is 0 Å². The van der Waals surface area contributed by atoms with E-state index < -0.39 is 0 Å². The standard InChI is InChI=1S/C25H52/c1-4-7-10-13-15-18-21-24-25(22-19-16-12-9-6-3)23-20-17-14-11-8-5-2/h25H,4-24H2,1-3H3. The molecule has 0 aliphatic carbocycles. The summed E-state index contributed by atoms with van der Waals surface area (Å²) in [4.78, 5) is 0. The molecule has 0 spiro atoms. The van der Waals surface area contributed by atoms with E-state index in [1.807, 2.05) is 0 Å².